The molecule has 104 valence electrons. The molecular weight excluding hydrogens is 242 g/mol. The molecule has 2 atom stereocenters. The largest absolute Gasteiger partial charge is 0.497 e. The van der Waals surface area contributed by atoms with Gasteiger partial charge in [0.25, 0.3) is 5.91 Å². The van der Waals surface area contributed by atoms with Crippen molar-refractivity contribution in [3.8, 4) is 5.75 Å². The van der Waals surface area contributed by atoms with Crippen molar-refractivity contribution < 1.29 is 14.6 Å². The summed E-state index contributed by atoms with van der Waals surface area (Å²) in [5.41, 5.74) is 0.609. The minimum atomic E-state index is -0.0810. The first-order chi connectivity index (χ1) is 9.24. The molecule has 0 aromatic heterocycles. The van der Waals surface area contributed by atoms with Crippen LogP contribution in [0, 0.1) is 11.8 Å². The molecule has 1 amide bonds. The predicted molar refractivity (Wildman–Crippen MR) is 73.2 cm³/mol. The van der Waals surface area contributed by atoms with Gasteiger partial charge in [-0.05, 0) is 42.9 Å². The van der Waals surface area contributed by atoms with Crippen molar-refractivity contribution in [2.24, 2.45) is 11.8 Å². The Morgan fingerprint density at radius 3 is 2.95 bits per heavy atom. The molecule has 1 aromatic rings. The molecule has 0 radical (unpaired) electrons. The van der Waals surface area contributed by atoms with Crippen molar-refractivity contribution in [1.29, 1.82) is 0 Å². The second-order valence-corrected chi connectivity index (χ2v) is 5.08. The fraction of sp³-hybridized carbons (Fsp3) is 0.533. The summed E-state index contributed by atoms with van der Waals surface area (Å²) in [5, 5.41) is 12.2. The first-order valence-electron chi connectivity index (χ1n) is 6.77. The standard InChI is InChI=1S/C15H21NO3/c1-19-14-7-3-4-11(8-14)15(18)16-9-12-5-2-6-13(12)10-17/h3-4,7-8,12-13,17H,2,5-6,9-10H2,1H3,(H,16,18). The van der Waals surface area contributed by atoms with Crippen LogP contribution in [0.15, 0.2) is 24.3 Å². The van der Waals surface area contributed by atoms with Gasteiger partial charge in [0.1, 0.15) is 5.75 Å². The molecule has 1 saturated carbocycles. The van der Waals surface area contributed by atoms with E-state index in [0.29, 0.717) is 29.7 Å². The lowest BCUT2D eigenvalue weighted by Gasteiger charge is -2.17. The highest BCUT2D eigenvalue weighted by atomic mass is 16.5. The van der Waals surface area contributed by atoms with E-state index in [1.54, 1.807) is 25.3 Å². The summed E-state index contributed by atoms with van der Waals surface area (Å²) < 4.78 is 5.10. The normalized spacial score (nSPS) is 22.2. The van der Waals surface area contributed by atoms with Gasteiger partial charge in [-0.15, -0.1) is 0 Å². The molecule has 0 spiro atoms. The van der Waals surface area contributed by atoms with Crippen LogP contribution in [0.5, 0.6) is 5.75 Å². The average molecular weight is 263 g/mol. The van der Waals surface area contributed by atoms with Crippen LogP contribution in [-0.2, 0) is 0 Å². The maximum atomic E-state index is 12.0. The Labute approximate surface area is 113 Å². The average Bonchev–Trinajstić information content (AvgIpc) is 2.92. The summed E-state index contributed by atoms with van der Waals surface area (Å²) in [6.07, 6.45) is 3.30. The van der Waals surface area contributed by atoms with Crippen LogP contribution in [0.1, 0.15) is 29.6 Å². The van der Waals surface area contributed by atoms with Gasteiger partial charge in [0.2, 0.25) is 0 Å². The van der Waals surface area contributed by atoms with Gasteiger partial charge in [-0.2, -0.15) is 0 Å². The van der Waals surface area contributed by atoms with Gasteiger partial charge in [-0.3, -0.25) is 4.79 Å². The van der Waals surface area contributed by atoms with Crippen molar-refractivity contribution in [2.75, 3.05) is 20.3 Å². The van der Waals surface area contributed by atoms with Crippen molar-refractivity contribution >= 4 is 5.91 Å². The van der Waals surface area contributed by atoms with E-state index in [9.17, 15) is 9.90 Å². The molecule has 0 bridgehead atoms. The molecule has 0 heterocycles. The van der Waals surface area contributed by atoms with E-state index in [1.807, 2.05) is 6.07 Å². The maximum Gasteiger partial charge on any atom is 0.251 e. The fourth-order valence-electron chi connectivity index (χ4n) is 2.71. The van der Waals surface area contributed by atoms with E-state index in [0.717, 1.165) is 19.3 Å². The first-order valence-corrected chi connectivity index (χ1v) is 6.77. The van der Waals surface area contributed by atoms with Gasteiger partial charge in [-0.1, -0.05) is 12.5 Å². The van der Waals surface area contributed by atoms with Crippen molar-refractivity contribution in [1.82, 2.24) is 5.32 Å². The molecule has 0 saturated heterocycles. The van der Waals surface area contributed by atoms with Gasteiger partial charge in [0.05, 0.1) is 7.11 Å². The molecule has 1 aliphatic rings. The molecule has 0 aliphatic heterocycles. The molecule has 1 fully saturated rings. The summed E-state index contributed by atoms with van der Waals surface area (Å²) in [6, 6.07) is 7.12. The number of ether oxygens (including phenoxy) is 1. The number of amides is 1. The summed E-state index contributed by atoms with van der Waals surface area (Å²) in [6.45, 7) is 0.862. The molecule has 4 heteroatoms. The van der Waals surface area contributed by atoms with Crippen molar-refractivity contribution in [2.45, 2.75) is 19.3 Å². The Hall–Kier alpha value is -1.55. The van der Waals surface area contributed by atoms with E-state index in [4.69, 9.17) is 4.74 Å². The predicted octanol–water partition coefficient (Wildman–Crippen LogP) is 1.83. The molecule has 2 unspecified atom stereocenters. The number of aliphatic hydroxyl groups is 1. The zero-order chi connectivity index (χ0) is 13.7. The second-order valence-electron chi connectivity index (χ2n) is 5.08. The Balaban J connectivity index is 1.90. The van der Waals surface area contributed by atoms with Crippen LogP contribution in [-0.4, -0.2) is 31.3 Å². The number of methoxy groups -OCH3 is 1. The smallest absolute Gasteiger partial charge is 0.251 e. The third-order valence-corrected chi connectivity index (χ3v) is 3.91. The van der Waals surface area contributed by atoms with E-state index in [2.05, 4.69) is 5.32 Å². The van der Waals surface area contributed by atoms with Gasteiger partial charge < -0.3 is 15.2 Å². The monoisotopic (exact) mass is 263 g/mol. The highest BCUT2D eigenvalue weighted by molar-refractivity contribution is 5.94. The van der Waals surface area contributed by atoms with Crippen LogP contribution >= 0.6 is 0 Å². The van der Waals surface area contributed by atoms with E-state index < -0.39 is 0 Å². The summed E-state index contributed by atoms with van der Waals surface area (Å²) in [7, 11) is 1.58. The number of carbonyl (C=O) groups excluding carboxylic acids is 1. The topological polar surface area (TPSA) is 58.6 Å². The zero-order valence-corrected chi connectivity index (χ0v) is 11.3. The Morgan fingerprint density at radius 1 is 1.42 bits per heavy atom. The Morgan fingerprint density at radius 2 is 2.21 bits per heavy atom. The SMILES string of the molecule is COc1cccc(C(=O)NCC2CCCC2CO)c1. The summed E-state index contributed by atoms with van der Waals surface area (Å²) in [5.74, 6) is 1.34. The minimum absolute atomic E-state index is 0.0810. The number of rotatable bonds is 5. The fourth-order valence-corrected chi connectivity index (χ4v) is 2.71. The van der Waals surface area contributed by atoms with Gasteiger partial charge in [-0.25, -0.2) is 0 Å². The second kappa shape index (κ2) is 6.57. The van der Waals surface area contributed by atoms with Gasteiger partial charge in [0, 0.05) is 18.7 Å². The van der Waals surface area contributed by atoms with E-state index in [1.165, 1.54) is 0 Å². The minimum Gasteiger partial charge on any atom is -0.497 e. The number of aliphatic hydroxyl groups excluding tert-OH is 1. The lowest BCUT2D eigenvalue weighted by atomic mass is 9.97. The van der Waals surface area contributed by atoms with Crippen LogP contribution in [0.4, 0.5) is 0 Å². The lowest BCUT2D eigenvalue weighted by molar-refractivity contribution is 0.0937. The van der Waals surface area contributed by atoms with Gasteiger partial charge >= 0.3 is 0 Å². The highest BCUT2D eigenvalue weighted by Crippen LogP contribution is 2.30. The lowest BCUT2D eigenvalue weighted by Crippen LogP contribution is -2.31. The summed E-state index contributed by atoms with van der Waals surface area (Å²) >= 11 is 0. The molecule has 2 N–H and O–H groups in total. The Kier molecular flexibility index (Phi) is 4.80. The van der Waals surface area contributed by atoms with E-state index in [-0.39, 0.29) is 12.5 Å². The first kappa shape index (κ1) is 13.9. The Bertz CT molecular complexity index is 433. The highest BCUT2D eigenvalue weighted by Gasteiger charge is 2.26. The molecule has 2 rings (SSSR count). The van der Waals surface area contributed by atoms with Crippen LogP contribution in [0.2, 0.25) is 0 Å². The number of benzene rings is 1. The molecule has 1 aromatic carbocycles. The number of hydrogen-bond donors (Lipinski definition) is 2. The molecule has 1 aliphatic carbocycles. The quantitative estimate of drug-likeness (QED) is 0.852. The van der Waals surface area contributed by atoms with Crippen LogP contribution < -0.4 is 10.1 Å². The third kappa shape index (κ3) is 3.47. The van der Waals surface area contributed by atoms with E-state index >= 15 is 0 Å². The zero-order valence-electron chi connectivity index (χ0n) is 11.3. The van der Waals surface area contributed by atoms with Gasteiger partial charge in [0.15, 0.2) is 0 Å². The molecule has 4 nitrogen and oxygen atoms in total. The van der Waals surface area contributed by atoms with Crippen LogP contribution in [0.3, 0.4) is 0 Å². The van der Waals surface area contributed by atoms with Crippen molar-refractivity contribution in [3.63, 3.8) is 0 Å². The number of hydrogen-bond acceptors (Lipinski definition) is 3. The number of carbonyl (C=O) groups is 1. The number of nitrogens with one attached hydrogen (secondary N) is 1. The maximum absolute atomic E-state index is 12.0. The van der Waals surface area contributed by atoms with Crippen LogP contribution in [0.25, 0.3) is 0 Å². The third-order valence-electron chi connectivity index (χ3n) is 3.91. The summed E-state index contributed by atoms with van der Waals surface area (Å²) in [4.78, 5) is 12.0. The molecular formula is C15H21NO3. The molecule has 19 heavy (non-hydrogen) atoms. The van der Waals surface area contributed by atoms with Crippen molar-refractivity contribution in [3.05, 3.63) is 29.8 Å².